The van der Waals surface area contributed by atoms with Gasteiger partial charge in [-0.15, -0.1) is 11.3 Å². The molecular formula is C29H29N5O4S. The highest BCUT2D eigenvalue weighted by atomic mass is 32.1. The van der Waals surface area contributed by atoms with Crippen molar-refractivity contribution >= 4 is 45.0 Å². The molecule has 2 atom stereocenters. The molecule has 5 aromatic rings. The van der Waals surface area contributed by atoms with Crippen LogP contribution in [0.1, 0.15) is 51.0 Å². The number of fused-ring (bicyclic) bond motifs is 3. The highest BCUT2D eigenvalue weighted by Crippen LogP contribution is 2.38. The first-order valence-corrected chi connectivity index (χ1v) is 13.8. The summed E-state index contributed by atoms with van der Waals surface area (Å²) in [6.45, 7) is 9.23. The Bertz CT molecular complexity index is 1710. The maximum atomic E-state index is 13.6. The van der Waals surface area contributed by atoms with E-state index < -0.39 is 5.91 Å². The molecule has 9 nitrogen and oxygen atoms in total. The fourth-order valence-corrected chi connectivity index (χ4v) is 6.36. The third-order valence-electron chi connectivity index (χ3n) is 7.28. The molecule has 2 amide bonds. The first kappa shape index (κ1) is 25.3. The van der Waals surface area contributed by atoms with Crippen LogP contribution in [0.25, 0.3) is 32.9 Å². The Balaban J connectivity index is 1.59. The number of hydrogen-bond donors (Lipinski definition) is 1. The van der Waals surface area contributed by atoms with Gasteiger partial charge in [0.15, 0.2) is 0 Å². The highest BCUT2D eigenvalue weighted by Gasteiger charge is 2.28. The van der Waals surface area contributed by atoms with E-state index >= 15 is 0 Å². The highest BCUT2D eigenvalue weighted by molar-refractivity contribution is 7.09. The molecular weight excluding hydrogens is 514 g/mol. The van der Waals surface area contributed by atoms with E-state index in [9.17, 15) is 9.59 Å². The average Bonchev–Trinajstić information content (AvgIpc) is 3.61. The molecule has 0 saturated carbocycles. The standard InChI is InChI=1S/C29H29N5O4S/c1-15-12-33(13-16(2)37-15)29(36)19-5-6-23-21(9-19)27-22(28(30)35)10-20(26-17(3)32-38-18(26)4)11-24(27)34(23)14-25-31-7-8-39-25/h5-11,15-16H,12-14H2,1-4H3,(H2,30,35)/t15-,16+. The summed E-state index contributed by atoms with van der Waals surface area (Å²) in [6.07, 6.45) is 1.70. The van der Waals surface area contributed by atoms with Crippen LogP contribution in [0.15, 0.2) is 46.4 Å². The van der Waals surface area contributed by atoms with E-state index in [-0.39, 0.29) is 18.1 Å². The van der Waals surface area contributed by atoms with Gasteiger partial charge in [0, 0.05) is 57.6 Å². The molecule has 3 aromatic heterocycles. The number of aromatic nitrogens is 3. The summed E-state index contributed by atoms with van der Waals surface area (Å²) in [4.78, 5) is 32.8. The lowest BCUT2D eigenvalue weighted by atomic mass is 9.97. The molecule has 2 aromatic carbocycles. The summed E-state index contributed by atoms with van der Waals surface area (Å²) in [7, 11) is 0. The quantitative estimate of drug-likeness (QED) is 0.336. The number of aryl methyl sites for hydroxylation is 2. The fourth-order valence-electron chi connectivity index (χ4n) is 5.75. The molecule has 1 fully saturated rings. The lowest BCUT2D eigenvalue weighted by Gasteiger charge is -2.35. The molecule has 0 bridgehead atoms. The van der Waals surface area contributed by atoms with Gasteiger partial charge in [0.1, 0.15) is 10.8 Å². The zero-order valence-corrected chi connectivity index (χ0v) is 23.0. The number of benzene rings is 2. The minimum Gasteiger partial charge on any atom is -0.372 e. The summed E-state index contributed by atoms with van der Waals surface area (Å²) in [6, 6.07) is 9.51. The van der Waals surface area contributed by atoms with Gasteiger partial charge in [0.2, 0.25) is 5.91 Å². The van der Waals surface area contributed by atoms with Crippen molar-refractivity contribution in [2.75, 3.05) is 13.1 Å². The van der Waals surface area contributed by atoms with Crippen molar-refractivity contribution in [3.05, 3.63) is 69.5 Å². The number of nitrogens with zero attached hydrogens (tertiary/aromatic N) is 4. The summed E-state index contributed by atoms with van der Waals surface area (Å²) in [5.74, 6) is 0.0499. The van der Waals surface area contributed by atoms with Gasteiger partial charge in [-0.3, -0.25) is 9.59 Å². The second-order valence-corrected chi connectivity index (χ2v) is 11.2. The van der Waals surface area contributed by atoms with Crippen LogP contribution in [0, 0.1) is 13.8 Å². The predicted molar refractivity (Wildman–Crippen MR) is 150 cm³/mol. The van der Waals surface area contributed by atoms with Crippen LogP contribution in [0.4, 0.5) is 0 Å². The minimum absolute atomic E-state index is 0.0362. The number of morpholine rings is 1. The summed E-state index contributed by atoms with van der Waals surface area (Å²) < 4.78 is 13.4. The number of hydrogen-bond acceptors (Lipinski definition) is 7. The molecule has 0 unspecified atom stereocenters. The van der Waals surface area contributed by atoms with Crippen molar-refractivity contribution in [3.8, 4) is 11.1 Å². The van der Waals surface area contributed by atoms with E-state index in [2.05, 4.69) is 14.7 Å². The van der Waals surface area contributed by atoms with E-state index in [0.29, 0.717) is 41.9 Å². The summed E-state index contributed by atoms with van der Waals surface area (Å²) in [5, 5.41) is 8.47. The van der Waals surface area contributed by atoms with Gasteiger partial charge in [-0.25, -0.2) is 4.98 Å². The third kappa shape index (κ3) is 4.39. The van der Waals surface area contributed by atoms with E-state index in [1.165, 1.54) is 0 Å². The van der Waals surface area contributed by atoms with Crippen LogP contribution in [-0.2, 0) is 11.3 Å². The average molecular weight is 544 g/mol. The van der Waals surface area contributed by atoms with Crippen LogP contribution < -0.4 is 5.73 Å². The Labute approximate surface area is 229 Å². The number of ether oxygens (including phenoxy) is 1. The van der Waals surface area contributed by atoms with E-state index in [4.69, 9.17) is 15.0 Å². The number of thiazole rings is 1. The predicted octanol–water partition coefficient (Wildman–Crippen LogP) is 4.92. The monoisotopic (exact) mass is 543 g/mol. The number of primary amides is 1. The van der Waals surface area contributed by atoms with Gasteiger partial charge in [-0.2, -0.15) is 0 Å². The normalized spacial score (nSPS) is 17.8. The third-order valence-corrected chi connectivity index (χ3v) is 8.05. The van der Waals surface area contributed by atoms with Crippen molar-refractivity contribution in [1.82, 2.24) is 19.6 Å². The number of amides is 2. The van der Waals surface area contributed by atoms with Gasteiger partial charge in [-0.05, 0) is 63.6 Å². The van der Waals surface area contributed by atoms with Crippen molar-refractivity contribution in [2.45, 2.75) is 46.4 Å². The van der Waals surface area contributed by atoms with Gasteiger partial charge >= 0.3 is 0 Å². The topological polar surface area (TPSA) is 116 Å². The first-order chi connectivity index (χ1) is 18.7. The molecule has 10 heteroatoms. The van der Waals surface area contributed by atoms with E-state index in [1.807, 2.05) is 62.2 Å². The smallest absolute Gasteiger partial charge is 0.254 e. The van der Waals surface area contributed by atoms with E-state index in [0.717, 1.165) is 38.2 Å². The maximum absolute atomic E-state index is 13.6. The lowest BCUT2D eigenvalue weighted by molar-refractivity contribution is -0.0586. The zero-order chi connectivity index (χ0) is 27.4. The van der Waals surface area contributed by atoms with Gasteiger partial charge < -0.3 is 24.5 Å². The Kier molecular flexibility index (Phi) is 6.23. The van der Waals surface area contributed by atoms with Crippen LogP contribution in [0.3, 0.4) is 0 Å². The van der Waals surface area contributed by atoms with Crippen molar-refractivity contribution in [1.29, 1.82) is 0 Å². The first-order valence-electron chi connectivity index (χ1n) is 12.9. The molecule has 0 spiro atoms. The molecule has 0 aliphatic carbocycles. The van der Waals surface area contributed by atoms with Crippen LogP contribution in [-0.4, -0.2) is 56.7 Å². The molecule has 2 N–H and O–H groups in total. The Morgan fingerprint density at radius 2 is 1.87 bits per heavy atom. The SMILES string of the molecule is Cc1noc(C)c1-c1cc(C(N)=O)c2c3cc(C(=O)N4C[C@@H](C)O[C@@H](C)C4)ccc3n(Cc3nccs3)c2c1. The fraction of sp³-hybridized carbons (Fsp3) is 0.310. The lowest BCUT2D eigenvalue weighted by Crippen LogP contribution is -2.48. The molecule has 1 aliphatic heterocycles. The Morgan fingerprint density at radius 1 is 1.10 bits per heavy atom. The second-order valence-electron chi connectivity index (χ2n) is 10.2. The molecule has 1 aliphatic rings. The Hall–Kier alpha value is -4.02. The largest absolute Gasteiger partial charge is 0.372 e. The van der Waals surface area contributed by atoms with Gasteiger partial charge in [0.25, 0.3) is 5.91 Å². The van der Waals surface area contributed by atoms with Crippen LogP contribution in [0.5, 0.6) is 0 Å². The minimum atomic E-state index is -0.547. The molecule has 39 heavy (non-hydrogen) atoms. The van der Waals surface area contributed by atoms with Gasteiger partial charge in [-0.1, -0.05) is 5.16 Å². The number of rotatable bonds is 5. The Morgan fingerprint density at radius 3 is 2.51 bits per heavy atom. The summed E-state index contributed by atoms with van der Waals surface area (Å²) >= 11 is 1.56. The summed E-state index contributed by atoms with van der Waals surface area (Å²) in [5.41, 5.74) is 11.0. The van der Waals surface area contributed by atoms with Crippen LogP contribution >= 0.6 is 11.3 Å². The van der Waals surface area contributed by atoms with Gasteiger partial charge in [0.05, 0.1) is 30.0 Å². The number of carbonyl (C=O) groups excluding carboxylic acids is 2. The molecule has 0 radical (unpaired) electrons. The second kappa shape index (κ2) is 9.62. The molecule has 6 rings (SSSR count). The maximum Gasteiger partial charge on any atom is 0.254 e. The van der Waals surface area contributed by atoms with Crippen molar-refractivity contribution in [3.63, 3.8) is 0 Å². The molecule has 200 valence electrons. The van der Waals surface area contributed by atoms with Crippen molar-refractivity contribution < 1.29 is 18.8 Å². The molecule has 1 saturated heterocycles. The number of carbonyl (C=O) groups is 2. The van der Waals surface area contributed by atoms with E-state index in [1.54, 1.807) is 23.6 Å². The van der Waals surface area contributed by atoms with Crippen LogP contribution in [0.2, 0.25) is 0 Å². The zero-order valence-electron chi connectivity index (χ0n) is 22.2. The van der Waals surface area contributed by atoms with Crippen molar-refractivity contribution in [2.24, 2.45) is 5.73 Å². The number of nitrogens with two attached hydrogens (primary N) is 1. The molecule has 4 heterocycles.